The van der Waals surface area contributed by atoms with Crippen LogP contribution in [0.3, 0.4) is 0 Å². The number of allylic oxidation sites excluding steroid dienone is 1. The van der Waals surface area contributed by atoms with Crippen LogP contribution >= 0.6 is 0 Å². The summed E-state index contributed by atoms with van der Waals surface area (Å²) < 4.78 is 10.5. The second-order valence-electron chi connectivity index (χ2n) is 5.22. The van der Waals surface area contributed by atoms with Gasteiger partial charge in [-0.05, 0) is 42.8 Å². The molecule has 0 atom stereocenters. The Morgan fingerprint density at radius 1 is 1.04 bits per heavy atom. The second kappa shape index (κ2) is 9.27. The molecule has 2 aromatic rings. The largest absolute Gasteiger partial charge is 0.493 e. The molecule has 2 rings (SSSR count). The molecule has 5 nitrogen and oxygen atoms in total. The fraction of sp³-hybridized carbons (Fsp3) is 0.200. The summed E-state index contributed by atoms with van der Waals surface area (Å²) >= 11 is 0. The van der Waals surface area contributed by atoms with Crippen LogP contribution in [0.25, 0.3) is 0 Å². The number of ether oxygens (including phenoxy) is 2. The molecule has 2 aromatic carbocycles. The number of aldehydes is 1. The number of benzene rings is 2. The molecule has 5 heteroatoms. The van der Waals surface area contributed by atoms with Gasteiger partial charge in [-0.25, -0.2) is 0 Å². The van der Waals surface area contributed by atoms with Gasteiger partial charge in [0.1, 0.15) is 6.29 Å². The van der Waals surface area contributed by atoms with Gasteiger partial charge in [0.15, 0.2) is 11.5 Å². The van der Waals surface area contributed by atoms with Gasteiger partial charge in [0.05, 0.1) is 14.2 Å². The zero-order chi connectivity index (χ0) is 18.1. The standard InChI is InChI=1S/C20H21NO4/c1-24-18-12-11-16(15-19(18)25-2)20(23)21(13-7-4-8-14-22)17-9-5-3-6-10-17/h3-6,8-12,14-15H,7,13H2,1-2H3/b8-4+. The average molecular weight is 339 g/mol. The number of nitrogens with zero attached hydrogens (tertiary/aromatic N) is 1. The predicted molar refractivity (Wildman–Crippen MR) is 97.5 cm³/mol. The van der Waals surface area contributed by atoms with Gasteiger partial charge in [0.25, 0.3) is 5.91 Å². The van der Waals surface area contributed by atoms with Crippen LogP contribution < -0.4 is 14.4 Å². The lowest BCUT2D eigenvalue weighted by atomic mass is 10.1. The molecule has 0 saturated carbocycles. The first-order valence-corrected chi connectivity index (χ1v) is 7.90. The maximum atomic E-state index is 13.0. The number of rotatable bonds is 8. The van der Waals surface area contributed by atoms with Crippen molar-refractivity contribution in [2.75, 3.05) is 25.7 Å². The van der Waals surface area contributed by atoms with E-state index < -0.39 is 0 Å². The summed E-state index contributed by atoms with van der Waals surface area (Å²) in [5.74, 6) is 0.924. The summed E-state index contributed by atoms with van der Waals surface area (Å²) in [5.41, 5.74) is 1.29. The number of carbonyl (C=O) groups is 2. The van der Waals surface area contributed by atoms with Gasteiger partial charge in [-0.15, -0.1) is 0 Å². The quantitative estimate of drug-likeness (QED) is 0.546. The monoisotopic (exact) mass is 339 g/mol. The van der Waals surface area contributed by atoms with E-state index in [4.69, 9.17) is 9.47 Å². The lowest BCUT2D eigenvalue weighted by Crippen LogP contribution is -2.31. The maximum absolute atomic E-state index is 13.0. The summed E-state index contributed by atoms with van der Waals surface area (Å²) in [4.78, 5) is 25.1. The molecule has 1 amide bonds. The lowest BCUT2D eigenvalue weighted by Gasteiger charge is -2.23. The molecule has 0 aliphatic carbocycles. The normalized spacial score (nSPS) is 10.5. The highest BCUT2D eigenvalue weighted by Crippen LogP contribution is 2.29. The molecule has 0 bridgehead atoms. The average Bonchev–Trinajstić information content (AvgIpc) is 2.67. The minimum atomic E-state index is -0.147. The van der Waals surface area contributed by atoms with E-state index in [9.17, 15) is 9.59 Å². The topological polar surface area (TPSA) is 55.8 Å². The third kappa shape index (κ3) is 4.70. The van der Waals surface area contributed by atoms with Crippen molar-refractivity contribution in [2.24, 2.45) is 0 Å². The van der Waals surface area contributed by atoms with E-state index in [0.29, 0.717) is 30.0 Å². The number of methoxy groups -OCH3 is 2. The molecule has 0 aliphatic heterocycles. The summed E-state index contributed by atoms with van der Waals surface area (Å²) in [6.07, 6.45) is 4.48. The highest BCUT2D eigenvalue weighted by Gasteiger charge is 2.18. The van der Waals surface area contributed by atoms with Crippen LogP contribution in [0.1, 0.15) is 16.8 Å². The first-order chi connectivity index (χ1) is 12.2. The molecule has 0 saturated heterocycles. The fourth-order valence-corrected chi connectivity index (χ4v) is 2.44. The molecule has 0 unspecified atom stereocenters. The number of para-hydroxylation sites is 1. The molecule has 0 aliphatic rings. The van der Waals surface area contributed by atoms with Gasteiger partial charge in [-0.1, -0.05) is 24.3 Å². The van der Waals surface area contributed by atoms with E-state index in [1.165, 1.54) is 13.2 Å². The molecule has 0 N–H and O–H groups in total. The molecule has 0 spiro atoms. The van der Waals surface area contributed by atoms with E-state index in [0.717, 1.165) is 12.0 Å². The SMILES string of the molecule is COc1ccc(C(=O)N(CC/C=C/C=O)c2ccccc2)cc1OC. The summed E-state index contributed by atoms with van der Waals surface area (Å²) in [5, 5.41) is 0. The van der Waals surface area contributed by atoms with Crippen LogP contribution in [0, 0.1) is 0 Å². The molecule has 0 fully saturated rings. The number of anilines is 1. The van der Waals surface area contributed by atoms with Crippen LogP contribution in [0.2, 0.25) is 0 Å². The van der Waals surface area contributed by atoms with Crippen molar-refractivity contribution in [3.8, 4) is 11.5 Å². The van der Waals surface area contributed by atoms with Crippen LogP contribution in [0.4, 0.5) is 5.69 Å². The maximum Gasteiger partial charge on any atom is 0.258 e. The molecular formula is C20H21NO4. The number of amides is 1. The first kappa shape index (κ1) is 18.3. The third-order valence-corrected chi connectivity index (χ3v) is 3.68. The zero-order valence-electron chi connectivity index (χ0n) is 14.3. The van der Waals surface area contributed by atoms with E-state index in [1.807, 2.05) is 30.3 Å². The Balaban J connectivity index is 2.31. The van der Waals surface area contributed by atoms with E-state index in [-0.39, 0.29) is 5.91 Å². The minimum Gasteiger partial charge on any atom is -0.493 e. The molecule has 0 radical (unpaired) electrons. The Kier molecular flexibility index (Phi) is 6.77. The Morgan fingerprint density at radius 2 is 1.76 bits per heavy atom. The van der Waals surface area contributed by atoms with Crippen LogP contribution in [0.5, 0.6) is 11.5 Å². The second-order valence-corrected chi connectivity index (χ2v) is 5.22. The molecule has 130 valence electrons. The number of hydrogen-bond donors (Lipinski definition) is 0. The summed E-state index contributed by atoms with van der Waals surface area (Å²) in [6.45, 7) is 0.460. The zero-order valence-corrected chi connectivity index (χ0v) is 14.3. The predicted octanol–water partition coefficient (Wildman–Crippen LogP) is 3.50. The molecular weight excluding hydrogens is 318 g/mol. The van der Waals surface area contributed by atoms with Gasteiger partial charge in [-0.3, -0.25) is 9.59 Å². The van der Waals surface area contributed by atoms with Crippen molar-refractivity contribution >= 4 is 17.9 Å². The highest BCUT2D eigenvalue weighted by atomic mass is 16.5. The van der Waals surface area contributed by atoms with Crippen molar-refractivity contribution in [1.29, 1.82) is 0 Å². The fourth-order valence-electron chi connectivity index (χ4n) is 2.44. The van der Waals surface area contributed by atoms with Gasteiger partial charge >= 0.3 is 0 Å². The Labute approximate surface area is 147 Å². The Bertz CT molecular complexity index is 741. The van der Waals surface area contributed by atoms with E-state index in [2.05, 4.69) is 0 Å². The number of carbonyl (C=O) groups excluding carboxylic acids is 2. The minimum absolute atomic E-state index is 0.147. The van der Waals surface area contributed by atoms with Crippen LogP contribution in [0.15, 0.2) is 60.7 Å². The van der Waals surface area contributed by atoms with E-state index in [1.54, 1.807) is 36.3 Å². The molecule has 0 heterocycles. The Morgan fingerprint density at radius 3 is 2.40 bits per heavy atom. The Hall–Kier alpha value is -3.08. The van der Waals surface area contributed by atoms with Crippen molar-refractivity contribution in [2.45, 2.75) is 6.42 Å². The van der Waals surface area contributed by atoms with Crippen molar-refractivity contribution in [3.05, 3.63) is 66.2 Å². The van der Waals surface area contributed by atoms with Gasteiger partial charge in [-0.2, -0.15) is 0 Å². The highest BCUT2D eigenvalue weighted by molar-refractivity contribution is 6.06. The van der Waals surface area contributed by atoms with Crippen molar-refractivity contribution in [3.63, 3.8) is 0 Å². The van der Waals surface area contributed by atoms with Gasteiger partial charge in [0, 0.05) is 17.8 Å². The third-order valence-electron chi connectivity index (χ3n) is 3.68. The molecule has 0 aromatic heterocycles. The lowest BCUT2D eigenvalue weighted by molar-refractivity contribution is -0.104. The van der Waals surface area contributed by atoms with Crippen LogP contribution in [-0.2, 0) is 4.79 Å². The van der Waals surface area contributed by atoms with Crippen molar-refractivity contribution < 1.29 is 19.1 Å². The van der Waals surface area contributed by atoms with Crippen molar-refractivity contribution in [1.82, 2.24) is 0 Å². The number of hydrogen-bond acceptors (Lipinski definition) is 4. The summed E-state index contributed by atoms with van der Waals surface area (Å²) in [7, 11) is 3.08. The van der Waals surface area contributed by atoms with Gasteiger partial charge < -0.3 is 14.4 Å². The van der Waals surface area contributed by atoms with Crippen LogP contribution in [-0.4, -0.2) is 33.0 Å². The smallest absolute Gasteiger partial charge is 0.258 e. The summed E-state index contributed by atoms with van der Waals surface area (Å²) in [6, 6.07) is 14.5. The first-order valence-electron chi connectivity index (χ1n) is 7.90. The van der Waals surface area contributed by atoms with E-state index >= 15 is 0 Å². The molecule has 25 heavy (non-hydrogen) atoms. The van der Waals surface area contributed by atoms with Gasteiger partial charge in [0.2, 0.25) is 0 Å².